The average molecular weight is 279 g/mol. The van der Waals surface area contributed by atoms with E-state index in [0.29, 0.717) is 18.1 Å². The van der Waals surface area contributed by atoms with E-state index in [1.807, 2.05) is 0 Å². The number of thiazole rings is 1. The maximum atomic E-state index is 5.71. The third-order valence-corrected chi connectivity index (χ3v) is 4.61. The highest BCUT2D eigenvalue weighted by atomic mass is 32.1. The first kappa shape index (κ1) is 13.1. The van der Waals surface area contributed by atoms with Gasteiger partial charge in [-0.25, -0.2) is 4.98 Å². The molecule has 0 aromatic carbocycles. The first-order valence-corrected chi connectivity index (χ1v) is 7.90. The van der Waals surface area contributed by atoms with Gasteiger partial charge >= 0.3 is 0 Å². The van der Waals surface area contributed by atoms with Gasteiger partial charge in [0.2, 0.25) is 0 Å². The lowest BCUT2D eigenvalue weighted by molar-refractivity contribution is 0.117. The summed E-state index contributed by atoms with van der Waals surface area (Å²) >= 11 is 1.69. The largest absolute Gasteiger partial charge is 0.378 e. The van der Waals surface area contributed by atoms with E-state index < -0.39 is 0 Å². The molecule has 4 nitrogen and oxygen atoms in total. The second kappa shape index (κ2) is 5.61. The Hall–Kier alpha value is -0.910. The minimum Gasteiger partial charge on any atom is -0.378 e. The standard InChI is InChI=1S/C14H21N3OS/c1-3-15-13(11-6-10(2)18-9-11)7-12-8-17-4-5-19-14(17)16-12/h4-5,8,10-11,13,15H,3,6-7,9H2,1-2H3. The summed E-state index contributed by atoms with van der Waals surface area (Å²) in [6.45, 7) is 6.20. The quantitative estimate of drug-likeness (QED) is 0.913. The van der Waals surface area contributed by atoms with Crippen LogP contribution in [0.15, 0.2) is 17.8 Å². The first-order chi connectivity index (χ1) is 9.26. The average Bonchev–Trinajstić information content (AvgIpc) is 3.03. The van der Waals surface area contributed by atoms with Crippen LogP contribution in [0.3, 0.4) is 0 Å². The van der Waals surface area contributed by atoms with E-state index >= 15 is 0 Å². The maximum Gasteiger partial charge on any atom is 0.193 e. The molecule has 1 N–H and O–H groups in total. The molecule has 0 aliphatic carbocycles. The summed E-state index contributed by atoms with van der Waals surface area (Å²) < 4.78 is 7.82. The lowest BCUT2D eigenvalue weighted by Gasteiger charge is -2.22. The molecule has 0 amide bonds. The molecule has 0 radical (unpaired) electrons. The molecule has 5 heteroatoms. The SMILES string of the molecule is CCNC(Cc1cn2ccsc2n1)C1COC(C)C1. The second-order valence-electron chi connectivity index (χ2n) is 5.33. The molecule has 1 aliphatic rings. The minimum atomic E-state index is 0.400. The van der Waals surface area contributed by atoms with Crippen molar-refractivity contribution >= 4 is 16.3 Å². The van der Waals surface area contributed by atoms with Crippen LogP contribution in [0.5, 0.6) is 0 Å². The van der Waals surface area contributed by atoms with Crippen molar-refractivity contribution in [3.8, 4) is 0 Å². The van der Waals surface area contributed by atoms with Crippen LogP contribution in [-0.2, 0) is 11.2 Å². The van der Waals surface area contributed by atoms with Crippen molar-refractivity contribution in [3.05, 3.63) is 23.5 Å². The molecule has 1 saturated heterocycles. The number of imidazole rings is 1. The second-order valence-corrected chi connectivity index (χ2v) is 6.21. The number of nitrogens with one attached hydrogen (secondary N) is 1. The van der Waals surface area contributed by atoms with Gasteiger partial charge < -0.3 is 10.1 Å². The zero-order valence-electron chi connectivity index (χ0n) is 11.5. The van der Waals surface area contributed by atoms with Gasteiger partial charge in [0.15, 0.2) is 4.96 Å². The Balaban J connectivity index is 1.71. The Bertz CT molecular complexity index is 507. The highest BCUT2D eigenvalue weighted by Crippen LogP contribution is 2.24. The Labute approximate surface area is 117 Å². The number of nitrogens with zero attached hydrogens (tertiary/aromatic N) is 2. The van der Waals surface area contributed by atoms with Gasteiger partial charge in [0.25, 0.3) is 0 Å². The molecular formula is C14H21N3OS. The molecule has 3 rings (SSSR count). The third kappa shape index (κ3) is 2.83. The van der Waals surface area contributed by atoms with Gasteiger partial charge in [0.05, 0.1) is 18.4 Å². The molecule has 2 aromatic rings. The van der Waals surface area contributed by atoms with Crippen LogP contribution in [0.2, 0.25) is 0 Å². The zero-order chi connectivity index (χ0) is 13.2. The minimum absolute atomic E-state index is 0.400. The molecule has 3 unspecified atom stereocenters. The molecule has 0 saturated carbocycles. The van der Waals surface area contributed by atoms with Crippen LogP contribution < -0.4 is 5.32 Å². The molecule has 1 fully saturated rings. The smallest absolute Gasteiger partial charge is 0.193 e. The maximum absolute atomic E-state index is 5.71. The van der Waals surface area contributed by atoms with Crippen LogP contribution in [0.1, 0.15) is 26.0 Å². The summed E-state index contributed by atoms with van der Waals surface area (Å²) in [5, 5.41) is 5.67. The van der Waals surface area contributed by atoms with E-state index in [2.05, 4.69) is 46.3 Å². The number of ether oxygens (including phenoxy) is 1. The molecule has 104 valence electrons. The Kier molecular flexibility index (Phi) is 3.86. The topological polar surface area (TPSA) is 38.6 Å². The first-order valence-electron chi connectivity index (χ1n) is 7.02. The van der Waals surface area contributed by atoms with Gasteiger partial charge in [-0.15, -0.1) is 11.3 Å². The highest BCUT2D eigenvalue weighted by Gasteiger charge is 2.29. The van der Waals surface area contributed by atoms with Crippen LogP contribution in [0.4, 0.5) is 0 Å². The van der Waals surface area contributed by atoms with Crippen molar-refractivity contribution in [2.24, 2.45) is 5.92 Å². The predicted molar refractivity (Wildman–Crippen MR) is 77.8 cm³/mol. The fourth-order valence-electron chi connectivity index (χ4n) is 2.90. The van der Waals surface area contributed by atoms with Crippen molar-refractivity contribution in [3.63, 3.8) is 0 Å². The van der Waals surface area contributed by atoms with Crippen LogP contribution in [0, 0.1) is 5.92 Å². The molecule has 0 spiro atoms. The Morgan fingerprint density at radius 1 is 1.63 bits per heavy atom. The van der Waals surface area contributed by atoms with E-state index in [-0.39, 0.29) is 0 Å². The fraction of sp³-hybridized carbons (Fsp3) is 0.643. The van der Waals surface area contributed by atoms with Crippen molar-refractivity contribution < 1.29 is 4.74 Å². The monoisotopic (exact) mass is 279 g/mol. The van der Waals surface area contributed by atoms with E-state index in [1.165, 1.54) is 5.69 Å². The van der Waals surface area contributed by atoms with Gasteiger partial charge in [0, 0.05) is 36.2 Å². The summed E-state index contributed by atoms with van der Waals surface area (Å²) in [6, 6.07) is 0.472. The van der Waals surface area contributed by atoms with Crippen molar-refractivity contribution in [1.29, 1.82) is 0 Å². The number of fused-ring (bicyclic) bond motifs is 1. The number of hydrogen-bond donors (Lipinski definition) is 1. The van der Waals surface area contributed by atoms with Gasteiger partial charge in [-0.3, -0.25) is 4.40 Å². The Morgan fingerprint density at radius 2 is 2.53 bits per heavy atom. The Morgan fingerprint density at radius 3 is 3.21 bits per heavy atom. The van der Waals surface area contributed by atoms with E-state index in [0.717, 1.165) is 31.0 Å². The number of likely N-dealkylation sites (N-methyl/N-ethyl adjacent to an activating group) is 1. The fourth-order valence-corrected chi connectivity index (χ4v) is 3.62. The van der Waals surface area contributed by atoms with Crippen molar-refractivity contribution in [2.75, 3.05) is 13.2 Å². The zero-order valence-corrected chi connectivity index (χ0v) is 12.3. The molecule has 2 aromatic heterocycles. The molecular weight excluding hydrogens is 258 g/mol. The predicted octanol–water partition coefficient (Wildman–Crippen LogP) is 2.34. The van der Waals surface area contributed by atoms with Gasteiger partial charge in [-0.1, -0.05) is 6.92 Å². The summed E-state index contributed by atoms with van der Waals surface area (Å²) in [6.07, 6.45) is 6.76. The van der Waals surface area contributed by atoms with E-state index in [9.17, 15) is 0 Å². The van der Waals surface area contributed by atoms with Crippen LogP contribution in [0.25, 0.3) is 4.96 Å². The lowest BCUT2D eigenvalue weighted by Crippen LogP contribution is -2.38. The third-order valence-electron chi connectivity index (χ3n) is 3.84. The van der Waals surface area contributed by atoms with E-state index in [1.54, 1.807) is 11.3 Å². The number of aromatic nitrogens is 2. The number of rotatable bonds is 5. The highest BCUT2D eigenvalue weighted by molar-refractivity contribution is 7.15. The summed E-state index contributed by atoms with van der Waals surface area (Å²) in [7, 11) is 0. The normalized spacial score (nSPS) is 25.2. The molecule has 3 atom stereocenters. The molecule has 19 heavy (non-hydrogen) atoms. The molecule has 0 bridgehead atoms. The van der Waals surface area contributed by atoms with Crippen molar-refractivity contribution in [1.82, 2.24) is 14.7 Å². The van der Waals surface area contributed by atoms with Gasteiger partial charge in [0.1, 0.15) is 0 Å². The summed E-state index contributed by atoms with van der Waals surface area (Å²) in [5.74, 6) is 0.606. The summed E-state index contributed by atoms with van der Waals surface area (Å²) in [5.41, 5.74) is 1.18. The molecule has 3 heterocycles. The molecule has 1 aliphatic heterocycles. The van der Waals surface area contributed by atoms with Crippen LogP contribution in [-0.4, -0.2) is 34.7 Å². The van der Waals surface area contributed by atoms with E-state index in [4.69, 9.17) is 4.74 Å². The van der Waals surface area contributed by atoms with Gasteiger partial charge in [-0.2, -0.15) is 0 Å². The summed E-state index contributed by atoms with van der Waals surface area (Å²) in [4.78, 5) is 5.77. The van der Waals surface area contributed by atoms with Crippen LogP contribution >= 0.6 is 11.3 Å². The number of hydrogen-bond acceptors (Lipinski definition) is 4. The van der Waals surface area contributed by atoms with Crippen molar-refractivity contribution in [2.45, 2.75) is 38.8 Å². The lowest BCUT2D eigenvalue weighted by atomic mass is 9.93. The van der Waals surface area contributed by atoms with Gasteiger partial charge in [-0.05, 0) is 19.9 Å².